The van der Waals surface area contributed by atoms with Gasteiger partial charge in [-0.1, -0.05) is 44.7 Å². The van der Waals surface area contributed by atoms with E-state index in [9.17, 15) is 0 Å². The van der Waals surface area contributed by atoms with Crippen molar-refractivity contribution in [3.63, 3.8) is 0 Å². The summed E-state index contributed by atoms with van der Waals surface area (Å²) in [5, 5.41) is 0. The molecule has 0 bridgehead atoms. The van der Waals surface area contributed by atoms with Crippen LogP contribution in [0.1, 0.15) is 44.4 Å². The lowest BCUT2D eigenvalue weighted by molar-refractivity contribution is 0.370. The van der Waals surface area contributed by atoms with Crippen LogP contribution in [-0.2, 0) is 6.42 Å². The van der Waals surface area contributed by atoms with Crippen molar-refractivity contribution in [1.29, 1.82) is 0 Å². The molecule has 0 aromatic carbocycles. The van der Waals surface area contributed by atoms with Gasteiger partial charge in [0.05, 0.1) is 4.34 Å². The van der Waals surface area contributed by atoms with Crippen molar-refractivity contribution in [3.8, 4) is 0 Å². The SMILES string of the molecule is CCCCC(CC)C(N)Cc1ccc(Cl)s1. The van der Waals surface area contributed by atoms with E-state index in [4.69, 9.17) is 17.3 Å². The largest absolute Gasteiger partial charge is 0.327 e. The highest BCUT2D eigenvalue weighted by Gasteiger charge is 2.16. The van der Waals surface area contributed by atoms with Gasteiger partial charge in [0.1, 0.15) is 0 Å². The van der Waals surface area contributed by atoms with E-state index in [0.29, 0.717) is 5.92 Å². The Morgan fingerprint density at radius 1 is 1.38 bits per heavy atom. The molecule has 2 unspecified atom stereocenters. The summed E-state index contributed by atoms with van der Waals surface area (Å²) in [7, 11) is 0. The Labute approximate surface area is 108 Å². The number of thiophene rings is 1. The third-order valence-corrected chi connectivity index (χ3v) is 4.38. The van der Waals surface area contributed by atoms with E-state index in [1.165, 1.54) is 30.6 Å². The summed E-state index contributed by atoms with van der Waals surface area (Å²) >= 11 is 7.57. The maximum Gasteiger partial charge on any atom is 0.0931 e. The van der Waals surface area contributed by atoms with Gasteiger partial charge in [0.25, 0.3) is 0 Å². The predicted octanol–water partition coefficient (Wildman–Crippen LogP) is 4.49. The average Bonchev–Trinajstić information content (AvgIpc) is 2.65. The zero-order chi connectivity index (χ0) is 12.0. The molecule has 1 aromatic rings. The number of hydrogen-bond acceptors (Lipinski definition) is 2. The first kappa shape index (κ1) is 14.0. The Hall–Kier alpha value is -0.0500. The van der Waals surface area contributed by atoms with Gasteiger partial charge in [0.15, 0.2) is 0 Å². The maximum atomic E-state index is 6.27. The molecule has 1 aromatic heterocycles. The monoisotopic (exact) mass is 259 g/mol. The van der Waals surface area contributed by atoms with Crippen LogP contribution >= 0.6 is 22.9 Å². The van der Waals surface area contributed by atoms with Crippen LogP contribution in [0.3, 0.4) is 0 Å². The van der Waals surface area contributed by atoms with Crippen LogP contribution in [0.4, 0.5) is 0 Å². The number of halogens is 1. The van der Waals surface area contributed by atoms with Crippen molar-refractivity contribution >= 4 is 22.9 Å². The minimum atomic E-state index is 0.284. The number of hydrogen-bond donors (Lipinski definition) is 1. The van der Waals surface area contributed by atoms with E-state index in [1.807, 2.05) is 6.07 Å². The zero-order valence-electron chi connectivity index (χ0n) is 10.2. The molecule has 1 rings (SSSR count). The first-order valence-electron chi connectivity index (χ1n) is 6.17. The van der Waals surface area contributed by atoms with Crippen LogP contribution in [0.2, 0.25) is 4.34 Å². The molecule has 0 radical (unpaired) electrons. The third-order valence-electron chi connectivity index (χ3n) is 3.12. The van der Waals surface area contributed by atoms with Gasteiger partial charge in [0, 0.05) is 10.9 Å². The highest BCUT2D eigenvalue weighted by Crippen LogP contribution is 2.25. The molecule has 92 valence electrons. The van der Waals surface area contributed by atoms with Crippen molar-refractivity contribution in [2.75, 3.05) is 0 Å². The molecular weight excluding hydrogens is 238 g/mol. The van der Waals surface area contributed by atoms with E-state index in [0.717, 1.165) is 10.8 Å². The standard InChI is InChI=1S/C13H22ClNS/c1-3-5-6-10(4-2)12(15)9-11-7-8-13(14)16-11/h7-8,10,12H,3-6,9,15H2,1-2H3. The smallest absolute Gasteiger partial charge is 0.0931 e. The quantitative estimate of drug-likeness (QED) is 0.767. The van der Waals surface area contributed by atoms with Gasteiger partial charge < -0.3 is 5.73 Å². The minimum Gasteiger partial charge on any atom is -0.327 e. The predicted molar refractivity (Wildman–Crippen MR) is 74.3 cm³/mol. The fourth-order valence-electron chi connectivity index (χ4n) is 2.05. The molecule has 0 spiro atoms. The van der Waals surface area contributed by atoms with E-state index in [2.05, 4.69) is 19.9 Å². The second-order valence-corrected chi connectivity index (χ2v) is 6.18. The molecule has 3 heteroatoms. The van der Waals surface area contributed by atoms with Crippen LogP contribution in [0, 0.1) is 5.92 Å². The molecule has 0 fully saturated rings. The molecule has 0 saturated heterocycles. The molecule has 0 aliphatic rings. The van der Waals surface area contributed by atoms with E-state index >= 15 is 0 Å². The Bertz CT molecular complexity index is 298. The Balaban J connectivity index is 2.45. The summed E-state index contributed by atoms with van der Waals surface area (Å²) in [6, 6.07) is 4.34. The Kier molecular flexibility index (Phi) is 6.40. The molecule has 0 amide bonds. The molecule has 2 atom stereocenters. The lowest BCUT2D eigenvalue weighted by Gasteiger charge is -2.21. The van der Waals surface area contributed by atoms with Gasteiger partial charge in [-0.05, 0) is 30.9 Å². The Morgan fingerprint density at radius 3 is 2.62 bits per heavy atom. The summed E-state index contributed by atoms with van der Waals surface area (Å²) in [6.07, 6.45) is 5.96. The second-order valence-electron chi connectivity index (χ2n) is 4.38. The molecule has 1 heterocycles. The summed E-state index contributed by atoms with van der Waals surface area (Å²) in [4.78, 5) is 1.31. The molecule has 0 aliphatic heterocycles. The molecule has 2 N–H and O–H groups in total. The van der Waals surface area contributed by atoms with Crippen molar-refractivity contribution < 1.29 is 0 Å². The fraction of sp³-hybridized carbons (Fsp3) is 0.692. The number of rotatable bonds is 7. The first-order valence-corrected chi connectivity index (χ1v) is 7.36. The molecule has 1 nitrogen and oxygen atoms in total. The van der Waals surface area contributed by atoms with Gasteiger partial charge in [-0.25, -0.2) is 0 Å². The van der Waals surface area contributed by atoms with E-state index in [1.54, 1.807) is 11.3 Å². The van der Waals surface area contributed by atoms with Gasteiger partial charge in [-0.15, -0.1) is 11.3 Å². The second kappa shape index (κ2) is 7.31. The van der Waals surface area contributed by atoms with Crippen LogP contribution in [0.25, 0.3) is 0 Å². The van der Waals surface area contributed by atoms with Crippen molar-refractivity contribution in [2.24, 2.45) is 11.7 Å². The molecule has 16 heavy (non-hydrogen) atoms. The number of nitrogens with two attached hydrogens (primary N) is 1. The zero-order valence-corrected chi connectivity index (χ0v) is 11.8. The number of unbranched alkanes of at least 4 members (excludes halogenated alkanes) is 1. The van der Waals surface area contributed by atoms with Gasteiger partial charge in [-0.3, -0.25) is 0 Å². The topological polar surface area (TPSA) is 26.0 Å². The van der Waals surface area contributed by atoms with Gasteiger partial charge >= 0.3 is 0 Å². The van der Waals surface area contributed by atoms with Gasteiger partial charge in [0.2, 0.25) is 0 Å². The van der Waals surface area contributed by atoms with Crippen LogP contribution in [0.5, 0.6) is 0 Å². The third kappa shape index (κ3) is 4.44. The summed E-state index contributed by atoms with van der Waals surface area (Å²) in [6.45, 7) is 4.47. The summed E-state index contributed by atoms with van der Waals surface area (Å²) in [5.74, 6) is 0.654. The first-order chi connectivity index (χ1) is 7.67. The normalized spacial score (nSPS) is 15.0. The highest BCUT2D eigenvalue weighted by molar-refractivity contribution is 7.16. The Morgan fingerprint density at radius 2 is 2.12 bits per heavy atom. The lowest BCUT2D eigenvalue weighted by Crippen LogP contribution is -2.31. The summed E-state index contributed by atoms with van der Waals surface area (Å²) in [5.41, 5.74) is 6.27. The fourth-order valence-corrected chi connectivity index (χ4v) is 3.21. The van der Waals surface area contributed by atoms with Crippen molar-refractivity contribution in [1.82, 2.24) is 0 Å². The lowest BCUT2D eigenvalue weighted by atomic mass is 9.90. The van der Waals surface area contributed by atoms with Crippen molar-refractivity contribution in [2.45, 2.75) is 52.0 Å². The van der Waals surface area contributed by atoms with Crippen LogP contribution < -0.4 is 5.73 Å². The van der Waals surface area contributed by atoms with Gasteiger partial charge in [-0.2, -0.15) is 0 Å². The molecule has 0 aliphatic carbocycles. The van der Waals surface area contributed by atoms with E-state index < -0.39 is 0 Å². The average molecular weight is 260 g/mol. The van der Waals surface area contributed by atoms with Crippen LogP contribution in [0.15, 0.2) is 12.1 Å². The maximum absolute atomic E-state index is 6.27. The van der Waals surface area contributed by atoms with E-state index in [-0.39, 0.29) is 6.04 Å². The van der Waals surface area contributed by atoms with Crippen LogP contribution in [-0.4, -0.2) is 6.04 Å². The highest BCUT2D eigenvalue weighted by atomic mass is 35.5. The summed E-state index contributed by atoms with van der Waals surface area (Å²) < 4.78 is 0.865. The minimum absolute atomic E-state index is 0.284. The molecular formula is C13H22ClNS. The van der Waals surface area contributed by atoms with Crippen molar-refractivity contribution in [3.05, 3.63) is 21.3 Å². The molecule has 0 saturated carbocycles.